The average molecular weight is 430 g/mol. The van der Waals surface area contributed by atoms with E-state index in [1.54, 1.807) is 0 Å². The minimum atomic E-state index is -0.164. The Balaban J connectivity index is 1.62. The molecule has 2 N–H and O–H groups in total. The van der Waals surface area contributed by atoms with E-state index >= 15 is 0 Å². The van der Waals surface area contributed by atoms with E-state index in [4.69, 9.17) is 23.2 Å². The molecule has 4 nitrogen and oxygen atoms in total. The summed E-state index contributed by atoms with van der Waals surface area (Å²) in [5.74, 6) is 0.587. The van der Waals surface area contributed by atoms with Gasteiger partial charge < -0.3 is 10.3 Å². The normalized spacial score (nSPS) is 12.4. The highest BCUT2D eigenvalue weighted by Gasteiger charge is 2.15. The zero-order valence-corrected chi connectivity index (χ0v) is 17.3. The number of halogens is 2. The van der Waals surface area contributed by atoms with Crippen LogP contribution in [0.15, 0.2) is 58.7 Å². The molecule has 0 radical (unpaired) electrons. The first kappa shape index (κ1) is 19.2. The number of aromatic nitrogens is 2. The second kappa shape index (κ2) is 8.05. The minimum Gasteiger partial charge on any atom is -0.309 e. The fraction of sp³-hybridized carbons (Fsp3) is 0.143. The van der Waals surface area contributed by atoms with Crippen molar-refractivity contribution >= 4 is 44.8 Å². The maximum atomic E-state index is 12.8. The van der Waals surface area contributed by atoms with Crippen molar-refractivity contribution in [2.75, 3.05) is 0 Å². The Kier molecular flexibility index (Phi) is 5.51. The van der Waals surface area contributed by atoms with Crippen molar-refractivity contribution in [3.8, 4) is 11.1 Å². The first-order valence-electron chi connectivity index (χ1n) is 8.77. The summed E-state index contributed by atoms with van der Waals surface area (Å²) in [6, 6.07) is 15.2. The van der Waals surface area contributed by atoms with E-state index < -0.39 is 0 Å². The third-order valence-electron chi connectivity index (χ3n) is 4.60. The van der Waals surface area contributed by atoms with Gasteiger partial charge in [0.2, 0.25) is 0 Å². The summed E-state index contributed by atoms with van der Waals surface area (Å²) in [5, 5.41) is 7.18. The largest absolute Gasteiger partial charge is 0.309 e. The molecule has 4 rings (SSSR count). The van der Waals surface area contributed by atoms with Crippen LogP contribution in [0.1, 0.15) is 24.4 Å². The van der Waals surface area contributed by atoms with Crippen LogP contribution in [0, 0.1) is 0 Å². The third-order valence-corrected chi connectivity index (χ3v) is 6.15. The summed E-state index contributed by atoms with van der Waals surface area (Å²) < 4.78 is 0. The van der Waals surface area contributed by atoms with Crippen molar-refractivity contribution in [1.29, 1.82) is 0 Å². The Morgan fingerprint density at radius 2 is 1.79 bits per heavy atom. The summed E-state index contributed by atoms with van der Waals surface area (Å²) in [6.45, 7) is 2.45. The number of hydrogen-bond acceptors (Lipinski definition) is 4. The number of rotatable bonds is 5. The molecule has 0 amide bonds. The lowest BCUT2D eigenvalue weighted by molar-refractivity contribution is 0.560. The minimum absolute atomic E-state index is 0.0247. The van der Waals surface area contributed by atoms with E-state index in [0.29, 0.717) is 32.6 Å². The molecule has 0 saturated carbocycles. The van der Waals surface area contributed by atoms with Crippen LogP contribution < -0.4 is 10.9 Å². The van der Waals surface area contributed by atoms with Gasteiger partial charge in [-0.25, -0.2) is 4.98 Å². The Bertz CT molecular complexity index is 1200. The molecule has 0 spiro atoms. The molecule has 0 unspecified atom stereocenters. The maximum Gasteiger partial charge on any atom is 0.260 e. The number of H-pyrrole nitrogens is 1. The summed E-state index contributed by atoms with van der Waals surface area (Å²) >= 11 is 14.0. The number of nitrogens with one attached hydrogen (secondary N) is 2. The van der Waals surface area contributed by atoms with Crippen LogP contribution in [0.25, 0.3) is 21.3 Å². The van der Waals surface area contributed by atoms with Gasteiger partial charge in [-0.1, -0.05) is 59.6 Å². The second-order valence-electron chi connectivity index (χ2n) is 6.45. The van der Waals surface area contributed by atoms with Crippen LogP contribution in [-0.4, -0.2) is 9.97 Å². The van der Waals surface area contributed by atoms with Crippen LogP contribution in [-0.2, 0) is 6.54 Å². The number of nitrogens with zero attached hydrogens (tertiary/aromatic N) is 1. The van der Waals surface area contributed by atoms with E-state index in [1.165, 1.54) is 11.3 Å². The molecule has 2 aromatic carbocycles. The zero-order chi connectivity index (χ0) is 19.7. The van der Waals surface area contributed by atoms with Crippen molar-refractivity contribution in [2.45, 2.75) is 19.5 Å². The standard InChI is InChI=1S/C21H17Cl2N3OS/c1-12(13-6-2-4-8-16(13)22)24-10-18-25-20(27)19-15(11-28-21(19)26-18)14-7-3-5-9-17(14)23/h2-9,11-12,24H,10H2,1H3,(H,25,26,27)/t12-/m0/s1. The van der Waals surface area contributed by atoms with Crippen molar-refractivity contribution in [1.82, 2.24) is 15.3 Å². The molecular formula is C21H17Cl2N3OS. The van der Waals surface area contributed by atoms with E-state index in [1.807, 2.05) is 60.8 Å². The fourth-order valence-electron chi connectivity index (χ4n) is 3.14. The third kappa shape index (κ3) is 3.71. The molecule has 142 valence electrons. The number of aromatic amines is 1. The Hall–Kier alpha value is -2.18. The van der Waals surface area contributed by atoms with Crippen LogP contribution in [0.4, 0.5) is 0 Å². The molecule has 1 atom stereocenters. The van der Waals surface area contributed by atoms with Crippen molar-refractivity contribution in [2.24, 2.45) is 0 Å². The summed E-state index contributed by atoms with van der Waals surface area (Å²) in [7, 11) is 0. The molecule has 4 aromatic rings. The Morgan fingerprint density at radius 3 is 2.54 bits per heavy atom. The highest BCUT2D eigenvalue weighted by Crippen LogP contribution is 2.34. The van der Waals surface area contributed by atoms with Crippen LogP contribution >= 0.6 is 34.5 Å². The second-order valence-corrected chi connectivity index (χ2v) is 8.12. The maximum absolute atomic E-state index is 12.8. The molecular weight excluding hydrogens is 413 g/mol. The smallest absolute Gasteiger partial charge is 0.260 e. The monoisotopic (exact) mass is 429 g/mol. The molecule has 7 heteroatoms. The number of thiophene rings is 1. The predicted octanol–water partition coefficient (Wildman–Crippen LogP) is 5.81. The lowest BCUT2D eigenvalue weighted by Gasteiger charge is -2.15. The average Bonchev–Trinajstić information content (AvgIpc) is 3.11. The number of fused-ring (bicyclic) bond motifs is 1. The first-order chi connectivity index (χ1) is 13.5. The highest BCUT2D eigenvalue weighted by molar-refractivity contribution is 7.17. The summed E-state index contributed by atoms with van der Waals surface area (Å²) in [6.07, 6.45) is 0. The molecule has 2 aromatic heterocycles. The SMILES string of the molecule is C[C@H](NCc1nc2scc(-c3ccccc3Cl)c2c(=O)[nH]1)c1ccccc1Cl. The molecule has 0 bridgehead atoms. The first-order valence-corrected chi connectivity index (χ1v) is 10.4. The van der Waals surface area contributed by atoms with Gasteiger partial charge in [0.05, 0.1) is 11.9 Å². The quantitative estimate of drug-likeness (QED) is 0.420. The van der Waals surface area contributed by atoms with Crippen LogP contribution in [0.5, 0.6) is 0 Å². The molecule has 28 heavy (non-hydrogen) atoms. The van der Waals surface area contributed by atoms with Gasteiger partial charge in [0.25, 0.3) is 5.56 Å². The Labute approximate surface area is 176 Å². The van der Waals surface area contributed by atoms with Crippen molar-refractivity contribution in [3.05, 3.63) is 85.7 Å². The van der Waals surface area contributed by atoms with Gasteiger partial charge in [-0.3, -0.25) is 4.79 Å². The van der Waals surface area contributed by atoms with Gasteiger partial charge in [0.15, 0.2) is 0 Å². The van der Waals surface area contributed by atoms with Crippen LogP contribution in [0.2, 0.25) is 10.0 Å². The lowest BCUT2D eigenvalue weighted by Crippen LogP contribution is -2.22. The summed E-state index contributed by atoms with van der Waals surface area (Å²) in [4.78, 5) is 21.0. The number of hydrogen-bond donors (Lipinski definition) is 2. The number of benzene rings is 2. The Morgan fingerprint density at radius 1 is 1.07 bits per heavy atom. The van der Waals surface area contributed by atoms with E-state index in [9.17, 15) is 4.79 Å². The van der Waals surface area contributed by atoms with Crippen molar-refractivity contribution < 1.29 is 0 Å². The lowest BCUT2D eigenvalue weighted by atomic mass is 10.1. The van der Waals surface area contributed by atoms with Crippen molar-refractivity contribution in [3.63, 3.8) is 0 Å². The fourth-order valence-corrected chi connectivity index (χ4v) is 4.64. The van der Waals surface area contributed by atoms with Gasteiger partial charge in [-0.15, -0.1) is 11.3 Å². The van der Waals surface area contributed by atoms with Gasteiger partial charge in [-0.2, -0.15) is 0 Å². The van der Waals surface area contributed by atoms with Crippen LogP contribution in [0.3, 0.4) is 0 Å². The predicted molar refractivity (Wildman–Crippen MR) is 117 cm³/mol. The molecule has 0 aliphatic heterocycles. The summed E-state index contributed by atoms with van der Waals surface area (Å²) in [5.41, 5.74) is 2.48. The van der Waals surface area contributed by atoms with Gasteiger partial charge in [0.1, 0.15) is 10.7 Å². The van der Waals surface area contributed by atoms with E-state index in [-0.39, 0.29) is 11.6 Å². The molecule has 2 heterocycles. The highest BCUT2D eigenvalue weighted by atomic mass is 35.5. The zero-order valence-electron chi connectivity index (χ0n) is 15.0. The van der Waals surface area contributed by atoms with Gasteiger partial charge in [0, 0.05) is 32.6 Å². The molecule has 0 fully saturated rings. The van der Waals surface area contributed by atoms with Gasteiger partial charge >= 0.3 is 0 Å². The topological polar surface area (TPSA) is 57.8 Å². The molecule has 0 saturated heterocycles. The van der Waals surface area contributed by atoms with Gasteiger partial charge in [-0.05, 0) is 24.6 Å². The van der Waals surface area contributed by atoms with E-state index in [0.717, 1.165) is 16.7 Å². The molecule has 0 aliphatic carbocycles. The van der Waals surface area contributed by atoms with E-state index in [2.05, 4.69) is 15.3 Å². The molecule has 0 aliphatic rings.